The van der Waals surface area contributed by atoms with Gasteiger partial charge in [-0.1, -0.05) is 0 Å². The van der Waals surface area contributed by atoms with Crippen molar-refractivity contribution in [1.82, 2.24) is 10.2 Å². The first kappa shape index (κ1) is 12.8. The number of hydrogen-bond acceptors (Lipinski definition) is 4. The van der Waals surface area contributed by atoms with E-state index in [9.17, 15) is 4.57 Å². The molecule has 0 bridgehead atoms. The molecule has 1 atom stereocenters. The second-order valence-electron chi connectivity index (χ2n) is 4.09. The number of nitrogens with zero attached hydrogens (tertiary/aromatic N) is 1. The molecule has 1 aromatic heterocycles. The monoisotopic (exact) mass is 258 g/mol. The standard InChI is InChI=1S/C11H19N2O3P/c1-3-15-17(14,16-4-2)10-7-5-6-9-8-12-13-11(9)10/h8,10H,3-7H2,1-2H3,(H,12,13). The lowest BCUT2D eigenvalue weighted by atomic mass is 9.98. The Morgan fingerprint density at radius 3 is 2.82 bits per heavy atom. The average molecular weight is 258 g/mol. The summed E-state index contributed by atoms with van der Waals surface area (Å²) in [5.74, 6) is 0. The van der Waals surface area contributed by atoms with Crippen LogP contribution in [0.2, 0.25) is 0 Å². The number of aryl methyl sites for hydroxylation is 1. The molecule has 17 heavy (non-hydrogen) atoms. The molecule has 1 unspecified atom stereocenters. The first-order chi connectivity index (χ1) is 8.21. The third-order valence-corrected chi connectivity index (χ3v) is 5.52. The van der Waals surface area contributed by atoms with Gasteiger partial charge in [0.25, 0.3) is 0 Å². The van der Waals surface area contributed by atoms with E-state index in [1.807, 2.05) is 20.0 Å². The predicted octanol–water partition coefficient (Wildman–Crippen LogP) is 3.05. The van der Waals surface area contributed by atoms with Crippen LogP contribution in [0.4, 0.5) is 0 Å². The Labute approximate surface area is 101 Å². The molecule has 6 heteroatoms. The lowest BCUT2D eigenvalue weighted by Crippen LogP contribution is -2.13. The quantitative estimate of drug-likeness (QED) is 0.824. The Morgan fingerprint density at radius 1 is 1.47 bits per heavy atom. The zero-order valence-electron chi connectivity index (χ0n) is 10.3. The van der Waals surface area contributed by atoms with Crippen LogP contribution in [0.1, 0.15) is 43.6 Å². The van der Waals surface area contributed by atoms with Crippen molar-refractivity contribution in [3.8, 4) is 0 Å². The molecule has 5 nitrogen and oxygen atoms in total. The highest BCUT2D eigenvalue weighted by Gasteiger charge is 2.40. The SMILES string of the molecule is CCOP(=O)(OCC)C1CCCc2cn[nH]c21. The number of H-pyrrole nitrogens is 1. The molecule has 1 aromatic rings. The second kappa shape index (κ2) is 5.34. The molecule has 0 radical (unpaired) electrons. The highest BCUT2D eigenvalue weighted by molar-refractivity contribution is 7.54. The van der Waals surface area contributed by atoms with Gasteiger partial charge in [0.2, 0.25) is 0 Å². The maximum atomic E-state index is 12.7. The summed E-state index contributed by atoms with van der Waals surface area (Å²) in [6.45, 7) is 4.47. The summed E-state index contributed by atoms with van der Waals surface area (Å²) in [5.41, 5.74) is 1.89. The molecule has 0 aromatic carbocycles. The van der Waals surface area contributed by atoms with Crippen LogP contribution < -0.4 is 0 Å². The van der Waals surface area contributed by atoms with E-state index in [1.165, 1.54) is 0 Å². The lowest BCUT2D eigenvalue weighted by molar-refractivity contribution is 0.209. The summed E-state index contributed by atoms with van der Waals surface area (Å²) < 4.78 is 23.6. The first-order valence-corrected chi connectivity index (χ1v) is 7.73. The fourth-order valence-corrected chi connectivity index (χ4v) is 4.53. The molecular formula is C11H19N2O3P. The topological polar surface area (TPSA) is 64.2 Å². The summed E-state index contributed by atoms with van der Waals surface area (Å²) in [7, 11) is -3.07. The van der Waals surface area contributed by atoms with E-state index in [1.54, 1.807) is 0 Å². The van der Waals surface area contributed by atoms with Gasteiger partial charge >= 0.3 is 7.60 Å². The Kier molecular flexibility index (Phi) is 4.02. The van der Waals surface area contributed by atoms with Crippen LogP contribution in [-0.2, 0) is 20.0 Å². The van der Waals surface area contributed by atoms with Gasteiger partial charge in [0, 0.05) is 0 Å². The normalized spacial score (nSPS) is 20.2. The van der Waals surface area contributed by atoms with Gasteiger partial charge in [0.1, 0.15) is 5.66 Å². The van der Waals surface area contributed by atoms with Gasteiger partial charge in [-0.15, -0.1) is 0 Å². The van der Waals surface area contributed by atoms with Crippen molar-refractivity contribution in [2.45, 2.75) is 38.8 Å². The van der Waals surface area contributed by atoms with Crippen molar-refractivity contribution in [1.29, 1.82) is 0 Å². The largest absolute Gasteiger partial charge is 0.339 e. The minimum atomic E-state index is -3.07. The summed E-state index contributed by atoms with van der Waals surface area (Å²) in [5, 5.41) is 6.98. The molecule has 0 aliphatic heterocycles. The summed E-state index contributed by atoms with van der Waals surface area (Å²) in [6, 6.07) is 0. The van der Waals surface area contributed by atoms with Crippen LogP contribution in [0.25, 0.3) is 0 Å². The molecular weight excluding hydrogens is 239 g/mol. The van der Waals surface area contributed by atoms with Crippen LogP contribution in [0, 0.1) is 0 Å². The van der Waals surface area contributed by atoms with Crippen LogP contribution >= 0.6 is 7.60 Å². The Hall–Kier alpha value is -0.640. The van der Waals surface area contributed by atoms with Crippen molar-refractivity contribution >= 4 is 7.60 Å². The van der Waals surface area contributed by atoms with E-state index in [0.29, 0.717) is 13.2 Å². The smallest absolute Gasteiger partial charge is 0.308 e. The maximum absolute atomic E-state index is 12.7. The van der Waals surface area contributed by atoms with E-state index < -0.39 is 7.60 Å². The van der Waals surface area contributed by atoms with Crippen molar-refractivity contribution in [3.63, 3.8) is 0 Å². The maximum Gasteiger partial charge on any atom is 0.339 e. The van der Waals surface area contributed by atoms with Crippen LogP contribution in [0.5, 0.6) is 0 Å². The van der Waals surface area contributed by atoms with Gasteiger partial charge in [-0.25, -0.2) is 0 Å². The van der Waals surface area contributed by atoms with Crippen molar-refractivity contribution in [3.05, 3.63) is 17.5 Å². The predicted molar refractivity (Wildman–Crippen MR) is 65.1 cm³/mol. The second-order valence-corrected chi connectivity index (χ2v) is 6.31. The van der Waals surface area contributed by atoms with E-state index in [2.05, 4.69) is 10.2 Å². The first-order valence-electron chi connectivity index (χ1n) is 6.12. The summed E-state index contributed by atoms with van der Waals surface area (Å²) in [4.78, 5) is 0. The minimum absolute atomic E-state index is 0.186. The third-order valence-electron chi connectivity index (χ3n) is 3.01. The van der Waals surface area contributed by atoms with Gasteiger partial charge in [-0.05, 0) is 38.7 Å². The Balaban J connectivity index is 2.30. The summed E-state index contributed by atoms with van der Waals surface area (Å²) in [6.07, 6.45) is 4.62. The minimum Gasteiger partial charge on any atom is -0.308 e. The van der Waals surface area contributed by atoms with Crippen LogP contribution in [-0.4, -0.2) is 23.4 Å². The number of hydrogen-bond donors (Lipinski definition) is 1. The highest BCUT2D eigenvalue weighted by Crippen LogP contribution is 2.63. The molecule has 1 aliphatic rings. The fourth-order valence-electron chi connectivity index (χ4n) is 2.33. The van der Waals surface area contributed by atoms with Crippen molar-refractivity contribution in [2.24, 2.45) is 0 Å². The van der Waals surface area contributed by atoms with Gasteiger partial charge in [-0.2, -0.15) is 5.10 Å². The summed E-state index contributed by atoms with van der Waals surface area (Å²) >= 11 is 0. The Bertz CT molecular complexity index is 409. The molecule has 0 saturated carbocycles. The number of fused-ring (bicyclic) bond motifs is 1. The Morgan fingerprint density at radius 2 is 2.18 bits per heavy atom. The molecule has 96 valence electrons. The number of aromatic nitrogens is 2. The van der Waals surface area contributed by atoms with Gasteiger partial charge in [0.05, 0.1) is 25.1 Å². The molecule has 0 spiro atoms. The zero-order chi connectivity index (χ0) is 12.3. The number of rotatable bonds is 5. The number of aromatic amines is 1. The van der Waals surface area contributed by atoms with Gasteiger partial charge < -0.3 is 9.05 Å². The lowest BCUT2D eigenvalue weighted by Gasteiger charge is -2.28. The fraction of sp³-hybridized carbons (Fsp3) is 0.727. The molecule has 0 amide bonds. The zero-order valence-corrected chi connectivity index (χ0v) is 11.2. The molecule has 1 heterocycles. The average Bonchev–Trinajstić information content (AvgIpc) is 2.77. The van der Waals surface area contributed by atoms with Crippen LogP contribution in [0.3, 0.4) is 0 Å². The third kappa shape index (κ3) is 2.46. The molecule has 0 saturated heterocycles. The molecule has 1 aliphatic carbocycles. The van der Waals surface area contributed by atoms with Gasteiger partial charge in [-0.3, -0.25) is 9.66 Å². The number of nitrogens with one attached hydrogen (secondary N) is 1. The van der Waals surface area contributed by atoms with Crippen LogP contribution in [0.15, 0.2) is 6.20 Å². The molecule has 0 fully saturated rings. The van der Waals surface area contributed by atoms with Gasteiger partial charge in [0.15, 0.2) is 0 Å². The van der Waals surface area contributed by atoms with Crippen molar-refractivity contribution in [2.75, 3.05) is 13.2 Å². The molecule has 1 N–H and O–H groups in total. The van der Waals surface area contributed by atoms with E-state index in [4.69, 9.17) is 9.05 Å². The van der Waals surface area contributed by atoms with E-state index in [0.717, 1.165) is 30.5 Å². The van der Waals surface area contributed by atoms with Crippen molar-refractivity contribution < 1.29 is 13.6 Å². The van der Waals surface area contributed by atoms with E-state index in [-0.39, 0.29) is 5.66 Å². The molecule has 2 rings (SSSR count). The van der Waals surface area contributed by atoms with E-state index >= 15 is 0 Å². The highest BCUT2D eigenvalue weighted by atomic mass is 31.2.